The van der Waals surface area contributed by atoms with Gasteiger partial charge in [0.15, 0.2) is 0 Å². The van der Waals surface area contributed by atoms with Crippen LogP contribution in [0, 0.1) is 18.7 Å². The van der Waals surface area contributed by atoms with Crippen LogP contribution in [-0.4, -0.2) is 39.5 Å². The van der Waals surface area contributed by atoms with Crippen molar-refractivity contribution in [3.8, 4) is 16.3 Å². The van der Waals surface area contributed by atoms with Crippen LogP contribution in [0.1, 0.15) is 41.2 Å². The fraction of sp³-hybridized carbons (Fsp3) is 0.375. The van der Waals surface area contributed by atoms with Crippen molar-refractivity contribution in [1.29, 1.82) is 0 Å². The highest BCUT2D eigenvalue weighted by atomic mass is 32.1. The fourth-order valence-corrected chi connectivity index (χ4v) is 5.80. The van der Waals surface area contributed by atoms with Gasteiger partial charge in [0.1, 0.15) is 11.5 Å². The summed E-state index contributed by atoms with van der Waals surface area (Å²) < 4.78 is 18.9. The van der Waals surface area contributed by atoms with Crippen LogP contribution in [0.3, 0.4) is 0 Å². The molecule has 0 N–H and O–H groups in total. The van der Waals surface area contributed by atoms with Crippen LogP contribution in [0.5, 0.6) is 5.88 Å². The number of benzene rings is 1. The van der Waals surface area contributed by atoms with Gasteiger partial charge in [-0.25, -0.2) is 14.4 Å². The molecule has 2 aliphatic rings. The second-order valence-electron chi connectivity index (χ2n) is 8.25. The molecule has 7 heteroatoms. The van der Waals surface area contributed by atoms with E-state index in [4.69, 9.17) is 4.74 Å². The number of amides is 1. The highest BCUT2D eigenvalue weighted by molar-refractivity contribution is 7.15. The van der Waals surface area contributed by atoms with Crippen LogP contribution in [0.4, 0.5) is 4.39 Å². The summed E-state index contributed by atoms with van der Waals surface area (Å²) >= 11 is 1.57. The Bertz CT molecular complexity index is 1070. The largest absolute Gasteiger partial charge is 0.477 e. The Balaban J connectivity index is 1.37. The van der Waals surface area contributed by atoms with Crippen LogP contribution in [0.25, 0.3) is 10.4 Å². The SMILES string of the molecule is Cc1nc(C(=O)N2C3CCC2[C@@H](COc2ccc(F)cn2)CC3)c(-c2ccccc2)s1. The minimum absolute atomic E-state index is 0.0281. The Morgan fingerprint density at radius 2 is 1.97 bits per heavy atom. The third kappa shape index (κ3) is 3.94. The maximum atomic E-state index is 13.7. The molecular weight excluding hydrogens is 413 g/mol. The Kier molecular flexibility index (Phi) is 5.44. The van der Waals surface area contributed by atoms with Crippen LogP contribution in [-0.2, 0) is 0 Å². The first kappa shape index (κ1) is 20.1. The van der Waals surface area contributed by atoms with E-state index in [9.17, 15) is 9.18 Å². The van der Waals surface area contributed by atoms with Crippen molar-refractivity contribution in [1.82, 2.24) is 14.9 Å². The van der Waals surface area contributed by atoms with Crippen molar-refractivity contribution in [2.24, 2.45) is 5.92 Å². The number of nitrogens with zero attached hydrogens (tertiary/aromatic N) is 3. The molecule has 4 heterocycles. The molecule has 31 heavy (non-hydrogen) atoms. The molecule has 0 spiro atoms. The van der Waals surface area contributed by atoms with Gasteiger partial charge in [-0.1, -0.05) is 30.3 Å². The zero-order valence-electron chi connectivity index (χ0n) is 17.3. The van der Waals surface area contributed by atoms with E-state index >= 15 is 0 Å². The molecule has 2 aliphatic heterocycles. The van der Waals surface area contributed by atoms with Gasteiger partial charge >= 0.3 is 0 Å². The van der Waals surface area contributed by atoms with E-state index < -0.39 is 0 Å². The summed E-state index contributed by atoms with van der Waals surface area (Å²) in [6, 6.07) is 13.3. The van der Waals surface area contributed by atoms with Gasteiger partial charge < -0.3 is 9.64 Å². The number of fused-ring (bicyclic) bond motifs is 2. The maximum Gasteiger partial charge on any atom is 0.274 e. The van der Waals surface area contributed by atoms with Crippen LogP contribution >= 0.6 is 11.3 Å². The third-order valence-corrected chi connectivity index (χ3v) is 7.33. The number of hydrogen-bond acceptors (Lipinski definition) is 5. The molecular formula is C24H24FN3O2S. The van der Waals surface area contributed by atoms with Gasteiger partial charge in [0.05, 0.1) is 22.7 Å². The summed E-state index contributed by atoms with van der Waals surface area (Å²) in [6.45, 7) is 2.42. The molecule has 5 nitrogen and oxygen atoms in total. The van der Waals surface area contributed by atoms with Gasteiger partial charge in [0.2, 0.25) is 5.88 Å². The zero-order chi connectivity index (χ0) is 21.4. The average molecular weight is 438 g/mol. The molecule has 2 bridgehead atoms. The second kappa shape index (κ2) is 8.38. The van der Waals surface area contributed by atoms with Crippen molar-refractivity contribution in [3.05, 3.63) is 65.2 Å². The predicted molar refractivity (Wildman–Crippen MR) is 118 cm³/mol. The first-order valence-corrected chi connectivity index (χ1v) is 11.5. The van der Waals surface area contributed by atoms with E-state index in [2.05, 4.69) is 14.9 Å². The van der Waals surface area contributed by atoms with Gasteiger partial charge in [-0.05, 0) is 44.2 Å². The molecule has 2 saturated heterocycles. The van der Waals surface area contributed by atoms with E-state index in [1.54, 1.807) is 17.4 Å². The van der Waals surface area contributed by atoms with Gasteiger partial charge in [-0.3, -0.25) is 4.79 Å². The Labute approximate surface area is 184 Å². The van der Waals surface area contributed by atoms with Crippen molar-refractivity contribution in [2.45, 2.75) is 44.7 Å². The van der Waals surface area contributed by atoms with Gasteiger partial charge in [0, 0.05) is 24.1 Å². The topological polar surface area (TPSA) is 55.3 Å². The number of carbonyl (C=O) groups excluding carboxylic acids is 1. The first-order chi connectivity index (χ1) is 15.1. The number of piperidine rings is 1. The summed E-state index contributed by atoms with van der Waals surface area (Å²) in [5.41, 5.74) is 1.59. The summed E-state index contributed by atoms with van der Waals surface area (Å²) in [4.78, 5) is 25.3. The molecule has 0 radical (unpaired) electrons. The van der Waals surface area contributed by atoms with Crippen LogP contribution < -0.4 is 4.74 Å². The number of pyridine rings is 1. The summed E-state index contributed by atoms with van der Waals surface area (Å²) in [7, 11) is 0. The molecule has 160 valence electrons. The third-order valence-electron chi connectivity index (χ3n) is 6.31. The lowest BCUT2D eigenvalue weighted by Gasteiger charge is -2.39. The van der Waals surface area contributed by atoms with Gasteiger partial charge in [0.25, 0.3) is 5.91 Å². The molecule has 0 aliphatic carbocycles. The number of thiazole rings is 1. The summed E-state index contributed by atoms with van der Waals surface area (Å²) in [6.07, 6.45) is 5.14. The number of aromatic nitrogens is 2. The molecule has 5 rings (SSSR count). The molecule has 2 fully saturated rings. The standard InChI is InChI=1S/C24H24FN3O2S/c1-15-27-22(23(31-15)16-5-3-2-4-6-16)24(29)28-19-9-7-17(20(28)11-10-19)14-30-21-12-8-18(25)13-26-21/h2-6,8,12-13,17,19-20H,7,9-11,14H2,1H3/t17-,19?,20?/m1/s1. The highest BCUT2D eigenvalue weighted by Gasteiger charge is 2.46. The molecule has 2 unspecified atom stereocenters. The Hall–Kier alpha value is -2.80. The van der Waals surface area contributed by atoms with Crippen molar-refractivity contribution >= 4 is 17.2 Å². The molecule has 3 aromatic rings. The fourth-order valence-electron chi connectivity index (χ4n) is 4.89. The molecule has 2 aromatic heterocycles. The summed E-state index contributed by atoms with van der Waals surface area (Å²) in [5.74, 6) is 0.295. The van der Waals surface area contributed by atoms with Gasteiger partial charge in [-0.2, -0.15) is 0 Å². The smallest absolute Gasteiger partial charge is 0.274 e. The molecule has 3 atom stereocenters. The number of carbonyl (C=O) groups is 1. The first-order valence-electron chi connectivity index (χ1n) is 10.7. The lowest BCUT2D eigenvalue weighted by Crippen LogP contribution is -2.49. The number of hydrogen-bond donors (Lipinski definition) is 0. The van der Waals surface area contributed by atoms with Crippen molar-refractivity contribution < 1.29 is 13.9 Å². The maximum absolute atomic E-state index is 13.7. The quantitative estimate of drug-likeness (QED) is 0.556. The van der Waals surface area contributed by atoms with Crippen LogP contribution in [0.15, 0.2) is 48.7 Å². The lowest BCUT2D eigenvalue weighted by molar-refractivity contribution is 0.0399. The average Bonchev–Trinajstić information content (AvgIpc) is 3.33. The van der Waals surface area contributed by atoms with Gasteiger partial charge in [-0.15, -0.1) is 11.3 Å². The van der Waals surface area contributed by atoms with E-state index in [0.717, 1.165) is 47.3 Å². The normalized spacial score (nSPS) is 22.5. The minimum Gasteiger partial charge on any atom is -0.477 e. The molecule has 0 saturated carbocycles. The predicted octanol–water partition coefficient (Wildman–Crippen LogP) is 5.11. The summed E-state index contributed by atoms with van der Waals surface area (Å²) in [5, 5.41) is 0.897. The second-order valence-corrected chi connectivity index (χ2v) is 9.45. The van der Waals surface area contributed by atoms with Crippen molar-refractivity contribution in [2.75, 3.05) is 6.61 Å². The minimum atomic E-state index is -0.381. The number of halogens is 1. The van der Waals surface area contributed by atoms with E-state index in [0.29, 0.717) is 18.2 Å². The highest BCUT2D eigenvalue weighted by Crippen LogP contribution is 2.41. The zero-order valence-corrected chi connectivity index (χ0v) is 18.1. The number of ether oxygens (including phenoxy) is 1. The van der Waals surface area contributed by atoms with E-state index in [-0.39, 0.29) is 29.7 Å². The van der Waals surface area contributed by atoms with Crippen LogP contribution in [0.2, 0.25) is 0 Å². The molecule has 1 amide bonds. The molecule has 1 aromatic carbocycles. The Morgan fingerprint density at radius 1 is 1.16 bits per heavy atom. The van der Waals surface area contributed by atoms with Crippen molar-refractivity contribution in [3.63, 3.8) is 0 Å². The Morgan fingerprint density at radius 3 is 2.74 bits per heavy atom. The van der Waals surface area contributed by atoms with E-state index in [1.807, 2.05) is 37.3 Å². The number of aryl methyl sites for hydroxylation is 1. The number of rotatable bonds is 5. The lowest BCUT2D eigenvalue weighted by atomic mass is 9.90. The van der Waals surface area contributed by atoms with E-state index in [1.165, 1.54) is 6.07 Å². The monoisotopic (exact) mass is 437 g/mol.